The largest absolute Gasteiger partial charge is 0.494 e. The summed E-state index contributed by atoms with van der Waals surface area (Å²) in [5.74, 6) is -3.23. The first-order valence-corrected chi connectivity index (χ1v) is 14.2. The highest BCUT2D eigenvalue weighted by molar-refractivity contribution is 7.99. The lowest BCUT2D eigenvalue weighted by atomic mass is 10.0. The summed E-state index contributed by atoms with van der Waals surface area (Å²) < 4.78 is 10.8. The number of Topliss-reactive ketones (excluding diaryl/α,β-unsaturated/α-hetero) is 1. The average molecular weight is 589 g/mol. The van der Waals surface area contributed by atoms with Gasteiger partial charge in [-0.3, -0.25) is 19.2 Å². The fourth-order valence-corrected chi connectivity index (χ4v) is 4.72. The number of thioether (sulfide) groups is 1. The number of carboxylic acids is 2. The van der Waals surface area contributed by atoms with Crippen LogP contribution in [0.3, 0.4) is 0 Å². The van der Waals surface area contributed by atoms with Gasteiger partial charge in [0.15, 0.2) is 12.4 Å². The van der Waals surface area contributed by atoms with Crippen LogP contribution in [0.25, 0.3) is 0 Å². The Balaban J connectivity index is 2.08. The average Bonchev–Trinajstić information content (AvgIpc) is 2.91. The van der Waals surface area contributed by atoms with E-state index in [1.165, 1.54) is 23.9 Å². The van der Waals surface area contributed by atoms with E-state index < -0.39 is 54.6 Å². The molecular weight excluding hydrogens is 552 g/mol. The number of carboxylic acid groups (broad SMARTS) is 2. The third kappa shape index (κ3) is 11.9. The number of benzene rings is 2. The molecule has 0 saturated carbocycles. The Bertz CT molecular complexity index is 1200. The molecule has 41 heavy (non-hydrogen) atoms. The van der Waals surface area contributed by atoms with Crippen molar-refractivity contribution in [2.45, 2.75) is 51.4 Å². The molecule has 2 aromatic rings. The van der Waals surface area contributed by atoms with Crippen LogP contribution in [0.4, 0.5) is 0 Å². The van der Waals surface area contributed by atoms with E-state index in [1.54, 1.807) is 26.8 Å². The molecular formula is C29H36N2O9S. The fraction of sp³-hybridized carbons (Fsp3) is 0.414. The third-order valence-electron chi connectivity index (χ3n) is 5.75. The van der Waals surface area contributed by atoms with E-state index in [0.717, 1.165) is 5.56 Å². The van der Waals surface area contributed by atoms with Gasteiger partial charge in [0.2, 0.25) is 11.8 Å². The molecule has 0 spiro atoms. The van der Waals surface area contributed by atoms with Crippen molar-refractivity contribution in [2.75, 3.05) is 19.0 Å². The van der Waals surface area contributed by atoms with Gasteiger partial charge in [-0.1, -0.05) is 44.2 Å². The minimum atomic E-state index is -1.26. The second kappa shape index (κ2) is 16.9. The minimum absolute atomic E-state index is 0.00627. The molecule has 0 aliphatic rings. The number of nitrogens with one attached hydrogen (secondary N) is 2. The zero-order valence-electron chi connectivity index (χ0n) is 23.3. The standard InChI is InChI=1S/C29H36N2O9S/c1-4-39-24-11-10-21(40-15-27(36)37)12-20(24)13-25(33)31-28(18(2)3)29(38)30-22(14-26(34)35)23(32)17-41-16-19-8-6-5-7-9-19/h5-12,18,22,28H,4,13-17H2,1-3H3,(H,30,38)(H,31,33)(H,34,35)(H,36,37). The molecule has 0 saturated heterocycles. The van der Waals surface area contributed by atoms with Gasteiger partial charge in [0.25, 0.3) is 0 Å². The number of aliphatic carboxylic acids is 2. The minimum Gasteiger partial charge on any atom is -0.494 e. The SMILES string of the molecule is CCOc1ccc(OCC(=O)O)cc1CC(=O)NC(C(=O)NC(CC(=O)O)C(=O)CSCc1ccccc1)C(C)C. The molecule has 222 valence electrons. The van der Waals surface area contributed by atoms with E-state index in [2.05, 4.69) is 10.6 Å². The zero-order chi connectivity index (χ0) is 30.4. The highest BCUT2D eigenvalue weighted by Gasteiger charge is 2.30. The summed E-state index contributed by atoms with van der Waals surface area (Å²) in [4.78, 5) is 61.3. The lowest BCUT2D eigenvalue weighted by molar-refractivity contribution is -0.140. The van der Waals surface area contributed by atoms with E-state index in [-0.39, 0.29) is 23.8 Å². The van der Waals surface area contributed by atoms with Crippen molar-refractivity contribution in [3.8, 4) is 11.5 Å². The number of hydrogen-bond acceptors (Lipinski definition) is 8. The molecule has 0 aromatic heterocycles. The Morgan fingerprint density at radius 2 is 1.63 bits per heavy atom. The van der Waals surface area contributed by atoms with Crippen LogP contribution in [0.1, 0.15) is 38.3 Å². The van der Waals surface area contributed by atoms with Gasteiger partial charge in [-0.05, 0) is 36.6 Å². The van der Waals surface area contributed by atoms with Crippen LogP contribution in [-0.4, -0.2) is 70.8 Å². The van der Waals surface area contributed by atoms with Crippen molar-refractivity contribution >= 4 is 41.3 Å². The van der Waals surface area contributed by atoms with E-state index >= 15 is 0 Å². The van der Waals surface area contributed by atoms with Crippen molar-refractivity contribution < 1.29 is 43.7 Å². The monoisotopic (exact) mass is 588 g/mol. The maximum atomic E-state index is 13.2. The summed E-state index contributed by atoms with van der Waals surface area (Å²) in [6, 6.07) is 11.8. The first kappa shape index (κ1) is 33.1. The molecule has 2 atom stereocenters. The maximum Gasteiger partial charge on any atom is 0.341 e. The summed E-state index contributed by atoms with van der Waals surface area (Å²) in [5, 5.41) is 23.4. The van der Waals surface area contributed by atoms with Crippen molar-refractivity contribution in [3.05, 3.63) is 59.7 Å². The highest BCUT2D eigenvalue weighted by Crippen LogP contribution is 2.25. The molecule has 0 aliphatic heterocycles. The van der Waals surface area contributed by atoms with Crippen LogP contribution >= 0.6 is 11.8 Å². The number of ether oxygens (including phenoxy) is 2. The van der Waals surface area contributed by atoms with E-state index in [4.69, 9.17) is 14.6 Å². The Kier molecular flexibility index (Phi) is 13.7. The number of carbonyl (C=O) groups excluding carboxylic acids is 3. The predicted molar refractivity (Wildman–Crippen MR) is 153 cm³/mol. The smallest absolute Gasteiger partial charge is 0.341 e. The normalized spacial score (nSPS) is 12.2. The molecule has 12 heteroatoms. The van der Waals surface area contributed by atoms with Crippen LogP contribution in [0.15, 0.2) is 48.5 Å². The molecule has 4 N–H and O–H groups in total. The summed E-state index contributed by atoms with van der Waals surface area (Å²) in [7, 11) is 0. The van der Waals surface area contributed by atoms with Crippen LogP contribution in [0, 0.1) is 5.92 Å². The molecule has 2 aromatic carbocycles. The van der Waals surface area contributed by atoms with Crippen LogP contribution in [-0.2, 0) is 36.1 Å². The van der Waals surface area contributed by atoms with Crippen LogP contribution in [0.2, 0.25) is 0 Å². The summed E-state index contributed by atoms with van der Waals surface area (Å²) in [5.41, 5.74) is 1.43. The number of hydrogen-bond donors (Lipinski definition) is 4. The Hall–Kier alpha value is -4.06. The number of ketones is 1. The first-order chi connectivity index (χ1) is 19.5. The third-order valence-corrected chi connectivity index (χ3v) is 6.78. The fourth-order valence-electron chi connectivity index (χ4n) is 3.78. The predicted octanol–water partition coefficient (Wildman–Crippen LogP) is 2.69. The second-order valence-electron chi connectivity index (χ2n) is 9.45. The zero-order valence-corrected chi connectivity index (χ0v) is 24.1. The van der Waals surface area contributed by atoms with Gasteiger partial charge >= 0.3 is 11.9 Å². The van der Waals surface area contributed by atoms with E-state index in [1.807, 2.05) is 30.3 Å². The molecule has 0 radical (unpaired) electrons. The Morgan fingerprint density at radius 3 is 2.24 bits per heavy atom. The summed E-state index contributed by atoms with van der Waals surface area (Å²) >= 11 is 1.32. The maximum absolute atomic E-state index is 13.2. The number of amides is 2. The van der Waals surface area contributed by atoms with Gasteiger partial charge in [-0.2, -0.15) is 0 Å². The molecule has 0 fully saturated rings. The van der Waals surface area contributed by atoms with Gasteiger partial charge in [-0.15, -0.1) is 11.8 Å². The quantitative estimate of drug-likeness (QED) is 0.203. The molecule has 0 heterocycles. The lowest BCUT2D eigenvalue weighted by Gasteiger charge is -2.25. The summed E-state index contributed by atoms with van der Waals surface area (Å²) in [6.45, 7) is 4.95. The molecule has 0 bridgehead atoms. The van der Waals surface area contributed by atoms with Crippen LogP contribution in [0.5, 0.6) is 11.5 Å². The number of rotatable bonds is 18. The van der Waals surface area contributed by atoms with Gasteiger partial charge in [0.05, 0.1) is 31.2 Å². The van der Waals surface area contributed by atoms with Crippen molar-refractivity contribution in [2.24, 2.45) is 5.92 Å². The van der Waals surface area contributed by atoms with Gasteiger partial charge in [-0.25, -0.2) is 4.79 Å². The lowest BCUT2D eigenvalue weighted by Crippen LogP contribution is -2.54. The van der Waals surface area contributed by atoms with Crippen molar-refractivity contribution in [1.82, 2.24) is 10.6 Å². The van der Waals surface area contributed by atoms with Crippen molar-refractivity contribution in [3.63, 3.8) is 0 Å². The first-order valence-electron chi connectivity index (χ1n) is 13.1. The Morgan fingerprint density at radius 1 is 0.927 bits per heavy atom. The van der Waals surface area contributed by atoms with Crippen molar-refractivity contribution in [1.29, 1.82) is 0 Å². The van der Waals surface area contributed by atoms with E-state index in [0.29, 0.717) is 23.7 Å². The second-order valence-corrected chi connectivity index (χ2v) is 10.4. The topological polar surface area (TPSA) is 168 Å². The molecule has 2 rings (SSSR count). The Labute approximate surface area is 243 Å². The van der Waals surface area contributed by atoms with Crippen LogP contribution < -0.4 is 20.1 Å². The molecule has 2 unspecified atom stereocenters. The number of carbonyl (C=O) groups is 5. The highest BCUT2D eigenvalue weighted by atomic mass is 32.2. The molecule has 11 nitrogen and oxygen atoms in total. The van der Waals surface area contributed by atoms with Gasteiger partial charge in [0, 0.05) is 11.3 Å². The molecule has 2 amide bonds. The van der Waals surface area contributed by atoms with Gasteiger partial charge in [0.1, 0.15) is 17.5 Å². The van der Waals surface area contributed by atoms with E-state index in [9.17, 15) is 29.1 Å². The molecule has 0 aliphatic carbocycles. The van der Waals surface area contributed by atoms with Gasteiger partial charge < -0.3 is 30.3 Å². The summed E-state index contributed by atoms with van der Waals surface area (Å²) in [6.07, 6.45) is -0.792.